The summed E-state index contributed by atoms with van der Waals surface area (Å²) in [5, 5.41) is 0.955. The van der Waals surface area contributed by atoms with Crippen LogP contribution in [0.1, 0.15) is 0 Å². The molecule has 0 radical (unpaired) electrons. The number of hydrogen-bond acceptors (Lipinski definition) is 2. The molecular weight excluding hydrogens is 200 g/mol. The van der Waals surface area contributed by atoms with Gasteiger partial charge in [-0.3, -0.25) is 4.98 Å². The fourth-order valence-electron chi connectivity index (χ4n) is 0.405. The van der Waals surface area contributed by atoms with Crippen LogP contribution >= 0.6 is 35.8 Å². The Bertz CT molecular complexity index is 211. The molecule has 0 unspecified atom stereocenters. The molecule has 5 heteroatoms. The summed E-state index contributed by atoms with van der Waals surface area (Å²) in [6, 6.07) is 0. The number of hydrogen-bond donors (Lipinski definition) is 1. The SMILES string of the molecule is Sc1c(Cl)cncc1Cl.[NaH]. The Morgan fingerprint density at radius 3 is 1.90 bits per heavy atom. The second-order valence-corrected chi connectivity index (χ2v) is 2.71. The van der Waals surface area contributed by atoms with E-state index in [-0.39, 0.29) is 29.6 Å². The minimum atomic E-state index is 0. The van der Waals surface area contributed by atoms with Crippen molar-refractivity contribution in [1.82, 2.24) is 4.98 Å². The van der Waals surface area contributed by atoms with Crippen LogP contribution in [0.25, 0.3) is 0 Å². The summed E-state index contributed by atoms with van der Waals surface area (Å²) in [5.41, 5.74) is 0. The molecule has 1 nitrogen and oxygen atoms in total. The third kappa shape index (κ3) is 2.61. The first kappa shape index (κ1) is 11.1. The number of aromatic nitrogens is 1. The first-order chi connectivity index (χ1) is 4.22. The van der Waals surface area contributed by atoms with E-state index in [0.29, 0.717) is 14.9 Å². The Morgan fingerprint density at radius 2 is 1.60 bits per heavy atom. The molecule has 0 saturated carbocycles. The second-order valence-electron chi connectivity index (χ2n) is 1.45. The van der Waals surface area contributed by atoms with Crippen LogP contribution in [0.2, 0.25) is 10.0 Å². The number of rotatable bonds is 0. The third-order valence-electron chi connectivity index (χ3n) is 0.828. The molecule has 0 N–H and O–H groups in total. The molecule has 0 spiro atoms. The monoisotopic (exact) mass is 203 g/mol. The van der Waals surface area contributed by atoms with E-state index in [1.54, 1.807) is 0 Å². The van der Waals surface area contributed by atoms with Crippen molar-refractivity contribution in [3.05, 3.63) is 22.4 Å². The third-order valence-corrected chi connectivity index (χ3v) is 2.15. The quantitative estimate of drug-likeness (QED) is 0.504. The van der Waals surface area contributed by atoms with E-state index in [9.17, 15) is 0 Å². The van der Waals surface area contributed by atoms with Crippen molar-refractivity contribution in [3.63, 3.8) is 0 Å². The van der Waals surface area contributed by atoms with E-state index < -0.39 is 0 Å². The van der Waals surface area contributed by atoms with E-state index in [4.69, 9.17) is 23.2 Å². The average Bonchev–Trinajstić information content (AvgIpc) is 1.83. The van der Waals surface area contributed by atoms with Crippen LogP contribution in [0.4, 0.5) is 0 Å². The molecule has 50 valence electrons. The van der Waals surface area contributed by atoms with Crippen molar-refractivity contribution < 1.29 is 0 Å². The van der Waals surface area contributed by atoms with E-state index >= 15 is 0 Å². The Balaban J connectivity index is 0.000000810. The molecule has 1 rings (SSSR count). The standard InChI is InChI=1S/C5H3Cl2NS.Na.H/c6-3-1-8-2-4(7)5(3)9;;/h1-2H,(H,8,9);;. The molecule has 10 heavy (non-hydrogen) atoms. The summed E-state index contributed by atoms with van der Waals surface area (Å²) in [6.45, 7) is 0. The van der Waals surface area contributed by atoms with E-state index in [2.05, 4.69) is 17.6 Å². The van der Waals surface area contributed by atoms with Gasteiger partial charge < -0.3 is 0 Å². The summed E-state index contributed by atoms with van der Waals surface area (Å²) in [6.07, 6.45) is 2.99. The Kier molecular flexibility index (Phi) is 5.38. The maximum absolute atomic E-state index is 5.59. The van der Waals surface area contributed by atoms with E-state index in [0.717, 1.165) is 0 Å². The van der Waals surface area contributed by atoms with Gasteiger partial charge in [-0.05, 0) is 0 Å². The zero-order valence-electron chi connectivity index (χ0n) is 4.31. The predicted molar refractivity (Wildman–Crippen MR) is 48.7 cm³/mol. The van der Waals surface area contributed by atoms with Crippen LogP contribution in [0.5, 0.6) is 0 Å². The molecule has 0 bridgehead atoms. The minimum absolute atomic E-state index is 0. The van der Waals surface area contributed by atoms with Crippen LogP contribution in [0, 0.1) is 0 Å². The Hall–Kier alpha value is 1.08. The number of halogens is 2. The van der Waals surface area contributed by atoms with Gasteiger partial charge in [0.1, 0.15) is 0 Å². The number of thiol groups is 1. The van der Waals surface area contributed by atoms with Crippen molar-refractivity contribution >= 4 is 65.4 Å². The molecule has 0 aliphatic rings. The fourth-order valence-corrected chi connectivity index (χ4v) is 0.885. The molecule has 0 fully saturated rings. The van der Waals surface area contributed by atoms with Crippen LogP contribution in [-0.4, -0.2) is 34.5 Å². The maximum atomic E-state index is 5.59. The van der Waals surface area contributed by atoms with Gasteiger partial charge in [0.2, 0.25) is 0 Å². The van der Waals surface area contributed by atoms with Gasteiger partial charge in [0.25, 0.3) is 0 Å². The van der Waals surface area contributed by atoms with Crippen molar-refractivity contribution in [2.24, 2.45) is 0 Å². The molecule has 0 aliphatic heterocycles. The van der Waals surface area contributed by atoms with Crippen LogP contribution in [0.15, 0.2) is 17.3 Å². The second kappa shape index (κ2) is 4.86. The first-order valence-electron chi connectivity index (χ1n) is 2.20. The fraction of sp³-hybridized carbons (Fsp3) is 0. The number of pyridine rings is 1. The molecule has 0 saturated heterocycles. The molecule has 1 heterocycles. The average molecular weight is 204 g/mol. The summed E-state index contributed by atoms with van der Waals surface area (Å²) in [4.78, 5) is 4.31. The van der Waals surface area contributed by atoms with E-state index in [1.165, 1.54) is 12.4 Å². The van der Waals surface area contributed by atoms with Gasteiger partial charge >= 0.3 is 29.6 Å². The summed E-state index contributed by atoms with van der Waals surface area (Å²) in [5.74, 6) is 0. The molecule has 0 aliphatic carbocycles. The molecule has 0 aromatic carbocycles. The first-order valence-corrected chi connectivity index (χ1v) is 3.40. The van der Waals surface area contributed by atoms with Crippen molar-refractivity contribution in [3.8, 4) is 0 Å². The zero-order chi connectivity index (χ0) is 6.85. The van der Waals surface area contributed by atoms with Crippen LogP contribution in [0.3, 0.4) is 0 Å². The van der Waals surface area contributed by atoms with Gasteiger partial charge in [-0.2, -0.15) is 0 Å². The summed E-state index contributed by atoms with van der Waals surface area (Å²) < 4.78 is 0. The summed E-state index contributed by atoms with van der Waals surface area (Å²) in [7, 11) is 0. The topological polar surface area (TPSA) is 12.9 Å². The van der Waals surface area contributed by atoms with Gasteiger partial charge in [-0.15, -0.1) is 12.6 Å². The number of nitrogens with zero attached hydrogens (tertiary/aromatic N) is 1. The molecule has 0 amide bonds. The van der Waals surface area contributed by atoms with E-state index in [1.807, 2.05) is 0 Å². The van der Waals surface area contributed by atoms with Gasteiger partial charge in [0, 0.05) is 17.3 Å². The normalized spacial score (nSPS) is 8.70. The van der Waals surface area contributed by atoms with Crippen molar-refractivity contribution in [2.45, 2.75) is 4.90 Å². The Labute approximate surface area is 96.8 Å². The Morgan fingerprint density at radius 1 is 1.20 bits per heavy atom. The van der Waals surface area contributed by atoms with Crippen molar-refractivity contribution in [1.29, 1.82) is 0 Å². The van der Waals surface area contributed by atoms with Gasteiger partial charge in [-0.1, -0.05) is 23.2 Å². The summed E-state index contributed by atoms with van der Waals surface area (Å²) >= 11 is 15.2. The predicted octanol–water partition coefficient (Wildman–Crippen LogP) is 2.03. The zero-order valence-corrected chi connectivity index (χ0v) is 6.71. The molecular formula is C5H4Cl2NNaS. The molecule has 1 aromatic rings. The van der Waals surface area contributed by atoms with Crippen molar-refractivity contribution in [2.75, 3.05) is 0 Å². The van der Waals surface area contributed by atoms with Crippen LogP contribution in [-0.2, 0) is 0 Å². The van der Waals surface area contributed by atoms with Gasteiger partial charge in [0.15, 0.2) is 0 Å². The van der Waals surface area contributed by atoms with Crippen LogP contribution < -0.4 is 0 Å². The van der Waals surface area contributed by atoms with Gasteiger partial charge in [0.05, 0.1) is 10.0 Å². The molecule has 1 aromatic heterocycles. The molecule has 0 atom stereocenters. The van der Waals surface area contributed by atoms with Gasteiger partial charge in [-0.25, -0.2) is 0 Å².